The van der Waals surface area contributed by atoms with Crippen LogP contribution in [-0.2, 0) is 11.3 Å². The molecule has 0 saturated heterocycles. The average molecular weight is 326 g/mol. The van der Waals surface area contributed by atoms with Gasteiger partial charge in [-0.1, -0.05) is 6.07 Å². The molecule has 1 amide bonds. The van der Waals surface area contributed by atoms with Crippen molar-refractivity contribution in [1.82, 2.24) is 20.1 Å². The first-order valence-electron chi connectivity index (χ1n) is 8.54. The third-order valence-electron chi connectivity index (χ3n) is 5.27. The Morgan fingerprint density at radius 1 is 1.33 bits per heavy atom. The molecule has 2 N–H and O–H groups in total. The first-order valence-corrected chi connectivity index (χ1v) is 8.54. The molecule has 126 valence electrons. The fourth-order valence-electron chi connectivity index (χ4n) is 3.50. The molecular formula is C18H22N4O2. The van der Waals surface area contributed by atoms with Gasteiger partial charge < -0.3 is 10.4 Å². The second-order valence-electron chi connectivity index (χ2n) is 7.08. The second kappa shape index (κ2) is 6.02. The van der Waals surface area contributed by atoms with E-state index < -0.39 is 0 Å². The van der Waals surface area contributed by atoms with Crippen molar-refractivity contribution in [1.29, 1.82) is 0 Å². The fraction of sp³-hybridized carbons (Fsp3) is 0.500. The van der Waals surface area contributed by atoms with Crippen molar-refractivity contribution in [3.05, 3.63) is 48.5 Å². The molecule has 4 rings (SSSR count). The quantitative estimate of drug-likeness (QED) is 0.846. The topological polar surface area (TPSA) is 80.0 Å². The van der Waals surface area contributed by atoms with Gasteiger partial charge in [-0.15, -0.1) is 0 Å². The minimum Gasteiger partial charge on any atom is -0.393 e. The van der Waals surface area contributed by atoms with E-state index in [4.69, 9.17) is 0 Å². The van der Waals surface area contributed by atoms with Gasteiger partial charge in [-0.2, -0.15) is 5.10 Å². The van der Waals surface area contributed by atoms with E-state index in [1.807, 2.05) is 35.1 Å². The Hall–Kier alpha value is -2.21. The highest BCUT2D eigenvalue weighted by atomic mass is 16.3. The highest BCUT2D eigenvalue weighted by Crippen LogP contribution is 2.48. The van der Waals surface area contributed by atoms with Crippen LogP contribution < -0.4 is 5.32 Å². The van der Waals surface area contributed by atoms with E-state index in [0.717, 1.165) is 18.5 Å². The summed E-state index contributed by atoms with van der Waals surface area (Å²) in [5, 5.41) is 17.1. The molecule has 0 aromatic carbocycles. The number of nitrogens with one attached hydrogen (secondary N) is 1. The monoisotopic (exact) mass is 326 g/mol. The number of carbonyl (C=O) groups excluding carboxylic acids is 1. The van der Waals surface area contributed by atoms with Gasteiger partial charge in [0, 0.05) is 18.6 Å². The number of rotatable bonds is 6. The van der Waals surface area contributed by atoms with Gasteiger partial charge in [0.25, 0.3) is 0 Å². The molecule has 0 radical (unpaired) electrons. The van der Waals surface area contributed by atoms with E-state index in [2.05, 4.69) is 15.4 Å². The fourth-order valence-corrected chi connectivity index (χ4v) is 3.50. The Kier molecular flexibility index (Phi) is 3.84. The van der Waals surface area contributed by atoms with Crippen molar-refractivity contribution in [2.24, 2.45) is 11.3 Å². The molecule has 2 heterocycles. The maximum absolute atomic E-state index is 12.9. The number of nitrogens with zero attached hydrogens (tertiary/aromatic N) is 3. The summed E-state index contributed by atoms with van der Waals surface area (Å²) in [4.78, 5) is 17.3. The summed E-state index contributed by atoms with van der Waals surface area (Å²) in [6, 6.07) is 7.51. The maximum Gasteiger partial charge on any atom is 0.228 e. The van der Waals surface area contributed by atoms with Crippen LogP contribution in [0.4, 0.5) is 0 Å². The van der Waals surface area contributed by atoms with Gasteiger partial charge in [-0.05, 0) is 49.8 Å². The van der Waals surface area contributed by atoms with Crippen molar-refractivity contribution in [3.8, 4) is 0 Å². The standard InChI is InChI=1S/C18H22N4O2/c23-14-10-13(11-14)16(15-4-1-2-7-19-15)21-17(24)18(5-6-18)12-22-9-3-8-20-22/h1-4,7-9,13-14,16,23H,5-6,10-12H2,(H,21,24)/t13?,14?,16-/m0/s1. The third kappa shape index (κ3) is 2.94. The maximum atomic E-state index is 12.9. The van der Waals surface area contributed by atoms with Crippen LogP contribution in [-0.4, -0.2) is 31.9 Å². The summed E-state index contributed by atoms with van der Waals surface area (Å²) in [6.07, 6.45) is 8.34. The van der Waals surface area contributed by atoms with Crippen LogP contribution in [0.1, 0.15) is 37.4 Å². The van der Waals surface area contributed by atoms with Gasteiger partial charge in [-0.25, -0.2) is 0 Å². The molecule has 2 saturated carbocycles. The van der Waals surface area contributed by atoms with E-state index in [-0.39, 0.29) is 29.4 Å². The second-order valence-corrected chi connectivity index (χ2v) is 7.08. The molecule has 24 heavy (non-hydrogen) atoms. The van der Waals surface area contributed by atoms with Crippen molar-refractivity contribution < 1.29 is 9.90 Å². The Morgan fingerprint density at radius 2 is 2.17 bits per heavy atom. The molecule has 2 aromatic heterocycles. The lowest BCUT2D eigenvalue weighted by atomic mass is 9.76. The van der Waals surface area contributed by atoms with E-state index in [0.29, 0.717) is 19.4 Å². The van der Waals surface area contributed by atoms with Crippen LogP contribution in [0.3, 0.4) is 0 Å². The van der Waals surface area contributed by atoms with Gasteiger partial charge in [-0.3, -0.25) is 14.5 Å². The molecule has 6 nitrogen and oxygen atoms in total. The van der Waals surface area contributed by atoms with E-state index in [1.165, 1.54) is 0 Å². The number of pyridine rings is 1. The zero-order valence-corrected chi connectivity index (χ0v) is 13.5. The van der Waals surface area contributed by atoms with Crippen molar-refractivity contribution in [3.63, 3.8) is 0 Å². The van der Waals surface area contributed by atoms with Gasteiger partial charge in [0.15, 0.2) is 0 Å². The summed E-state index contributed by atoms with van der Waals surface area (Å²) in [6.45, 7) is 0.619. The highest BCUT2D eigenvalue weighted by molar-refractivity contribution is 5.85. The summed E-state index contributed by atoms with van der Waals surface area (Å²) in [7, 11) is 0. The lowest BCUT2D eigenvalue weighted by molar-refractivity contribution is -0.129. The van der Waals surface area contributed by atoms with Gasteiger partial charge in [0.2, 0.25) is 5.91 Å². The van der Waals surface area contributed by atoms with Crippen LogP contribution in [0, 0.1) is 11.3 Å². The minimum absolute atomic E-state index is 0.0787. The number of hydrogen-bond donors (Lipinski definition) is 2. The summed E-state index contributed by atoms with van der Waals surface area (Å²) >= 11 is 0. The predicted molar refractivity (Wildman–Crippen MR) is 87.7 cm³/mol. The third-order valence-corrected chi connectivity index (χ3v) is 5.27. The lowest BCUT2D eigenvalue weighted by Crippen LogP contribution is -2.44. The number of aliphatic hydroxyl groups excluding tert-OH is 1. The average Bonchev–Trinajstić information content (AvgIpc) is 3.17. The van der Waals surface area contributed by atoms with Crippen LogP contribution >= 0.6 is 0 Å². The zero-order chi connectivity index (χ0) is 16.6. The smallest absolute Gasteiger partial charge is 0.228 e. The molecule has 6 heteroatoms. The van der Waals surface area contributed by atoms with Crippen molar-refractivity contribution in [2.45, 2.75) is 44.4 Å². The SMILES string of the molecule is O=C(N[C@H](c1ccccn1)C1CC(O)C1)C1(Cn2cccn2)CC1. The van der Waals surface area contributed by atoms with Crippen molar-refractivity contribution >= 4 is 5.91 Å². The number of amides is 1. The molecule has 0 spiro atoms. The lowest BCUT2D eigenvalue weighted by Gasteiger charge is -2.38. The Balaban J connectivity index is 1.49. The molecule has 2 aliphatic carbocycles. The van der Waals surface area contributed by atoms with Gasteiger partial charge in [0.1, 0.15) is 0 Å². The molecule has 2 aliphatic rings. The number of hydrogen-bond acceptors (Lipinski definition) is 4. The molecule has 0 bridgehead atoms. The molecule has 2 aromatic rings. The van der Waals surface area contributed by atoms with Crippen LogP contribution in [0.15, 0.2) is 42.9 Å². The molecule has 0 aliphatic heterocycles. The first kappa shape index (κ1) is 15.3. The Bertz CT molecular complexity index is 691. The van der Waals surface area contributed by atoms with E-state index in [9.17, 15) is 9.90 Å². The summed E-state index contributed by atoms with van der Waals surface area (Å²) < 4.78 is 1.83. The molecular weight excluding hydrogens is 304 g/mol. The van der Waals surface area contributed by atoms with Gasteiger partial charge in [0.05, 0.1) is 29.8 Å². The van der Waals surface area contributed by atoms with Crippen LogP contribution in [0.2, 0.25) is 0 Å². The Morgan fingerprint density at radius 3 is 2.75 bits per heavy atom. The van der Waals surface area contributed by atoms with Crippen LogP contribution in [0.25, 0.3) is 0 Å². The summed E-state index contributed by atoms with van der Waals surface area (Å²) in [5.41, 5.74) is 0.527. The van der Waals surface area contributed by atoms with E-state index in [1.54, 1.807) is 12.4 Å². The minimum atomic E-state index is -0.346. The molecule has 2 fully saturated rings. The number of aromatic nitrogens is 3. The van der Waals surface area contributed by atoms with E-state index >= 15 is 0 Å². The number of aliphatic hydroxyl groups is 1. The zero-order valence-electron chi connectivity index (χ0n) is 13.5. The Labute approximate surface area is 140 Å². The predicted octanol–water partition coefficient (Wildman–Crippen LogP) is 1.69. The molecule has 0 unspecified atom stereocenters. The highest BCUT2D eigenvalue weighted by Gasteiger charge is 2.51. The number of carbonyl (C=O) groups is 1. The summed E-state index contributed by atoms with van der Waals surface area (Å²) in [5.74, 6) is 0.328. The largest absolute Gasteiger partial charge is 0.393 e. The van der Waals surface area contributed by atoms with Crippen molar-refractivity contribution in [2.75, 3.05) is 0 Å². The normalized spacial score (nSPS) is 25.5. The molecule has 1 atom stereocenters. The van der Waals surface area contributed by atoms with Gasteiger partial charge >= 0.3 is 0 Å². The first-order chi connectivity index (χ1) is 11.7. The van der Waals surface area contributed by atoms with Crippen LogP contribution in [0.5, 0.6) is 0 Å².